The summed E-state index contributed by atoms with van der Waals surface area (Å²) in [5, 5.41) is 17.9. The molecule has 2 aromatic rings. The van der Waals surface area contributed by atoms with Gasteiger partial charge < -0.3 is 15.7 Å². The summed E-state index contributed by atoms with van der Waals surface area (Å²) in [5.74, 6) is 0.937. The van der Waals surface area contributed by atoms with Gasteiger partial charge >= 0.3 is 0 Å². The second kappa shape index (κ2) is 5.24. The number of rotatable bonds is 3. The molecular weight excluding hydrogens is 240 g/mol. The Kier molecular flexibility index (Phi) is 3.66. The number of phenolic OH excluding ortho intramolecular Hbond substituents is 1. The first-order chi connectivity index (χ1) is 9.04. The molecule has 0 amide bonds. The van der Waals surface area contributed by atoms with Crippen LogP contribution in [-0.2, 0) is 6.54 Å². The monoisotopic (exact) mass is 258 g/mol. The first kappa shape index (κ1) is 13.3. The van der Waals surface area contributed by atoms with Gasteiger partial charge in [0.1, 0.15) is 5.75 Å². The summed E-state index contributed by atoms with van der Waals surface area (Å²) in [7, 11) is 1.88. The normalized spacial score (nSPS) is 10.5. The highest BCUT2D eigenvalue weighted by Crippen LogP contribution is 2.28. The van der Waals surface area contributed by atoms with Gasteiger partial charge in [-0.2, -0.15) is 5.10 Å². The minimum Gasteiger partial charge on any atom is -0.508 e. The number of benzene rings is 1. The van der Waals surface area contributed by atoms with Crippen LogP contribution >= 0.6 is 0 Å². The van der Waals surface area contributed by atoms with Gasteiger partial charge in [-0.05, 0) is 31.5 Å². The van der Waals surface area contributed by atoms with Gasteiger partial charge in [0.2, 0.25) is 0 Å². The highest BCUT2D eigenvalue weighted by molar-refractivity contribution is 5.64. The van der Waals surface area contributed by atoms with Gasteiger partial charge in [-0.3, -0.25) is 0 Å². The molecule has 0 aliphatic carbocycles. The third kappa shape index (κ3) is 2.51. The van der Waals surface area contributed by atoms with Gasteiger partial charge in [-0.15, -0.1) is 5.10 Å². The molecule has 2 rings (SSSR count). The van der Waals surface area contributed by atoms with Gasteiger partial charge in [0.25, 0.3) is 0 Å². The van der Waals surface area contributed by atoms with Crippen LogP contribution in [-0.4, -0.2) is 22.4 Å². The lowest BCUT2D eigenvalue weighted by Crippen LogP contribution is -2.17. The second-order valence-corrected chi connectivity index (χ2v) is 4.50. The predicted molar refractivity (Wildman–Crippen MR) is 75.6 cm³/mol. The number of hydrogen-bond donors (Lipinski definition) is 2. The van der Waals surface area contributed by atoms with Crippen LogP contribution in [0.3, 0.4) is 0 Å². The highest BCUT2D eigenvalue weighted by Gasteiger charge is 2.15. The van der Waals surface area contributed by atoms with Crippen molar-refractivity contribution in [2.75, 3.05) is 11.9 Å². The molecule has 0 aliphatic heterocycles. The zero-order valence-corrected chi connectivity index (χ0v) is 11.4. The van der Waals surface area contributed by atoms with Gasteiger partial charge in [-0.25, -0.2) is 0 Å². The smallest absolute Gasteiger partial charge is 0.160 e. The molecule has 0 aliphatic rings. The maximum atomic E-state index is 9.55. The van der Waals surface area contributed by atoms with Crippen LogP contribution < -0.4 is 10.6 Å². The lowest BCUT2D eigenvalue weighted by molar-refractivity contribution is 0.475. The van der Waals surface area contributed by atoms with Gasteiger partial charge in [0.05, 0.1) is 5.69 Å². The molecule has 1 aromatic carbocycles. The van der Waals surface area contributed by atoms with E-state index in [0.29, 0.717) is 6.54 Å². The van der Waals surface area contributed by atoms with Crippen LogP contribution in [0, 0.1) is 13.8 Å². The average Bonchev–Trinajstić information content (AvgIpc) is 2.41. The number of nitrogens with two attached hydrogens (primary N) is 1. The molecular formula is C14H18N4O. The Balaban J connectivity index is 2.50. The molecule has 5 heteroatoms. The number of aromatic hydroxyl groups is 1. The van der Waals surface area contributed by atoms with Crippen LogP contribution in [0.5, 0.6) is 5.75 Å². The largest absolute Gasteiger partial charge is 0.508 e. The van der Waals surface area contributed by atoms with E-state index in [4.69, 9.17) is 5.73 Å². The quantitative estimate of drug-likeness (QED) is 0.881. The molecule has 1 heterocycles. The molecule has 0 radical (unpaired) electrons. The van der Waals surface area contributed by atoms with E-state index in [2.05, 4.69) is 10.2 Å². The summed E-state index contributed by atoms with van der Waals surface area (Å²) >= 11 is 0. The molecule has 0 fully saturated rings. The zero-order chi connectivity index (χ0) is 14.0. The minimum absolute atomic E-state index is 0.218. The third-order valence-corrected chi connectivity index (χ3v) is 3.30. The molecule has 3 N–H and O–H groups in total. The number of aryl methyl sites for hydroxylation is 1. The van der Waals surface area contributed by atoms with Crippen molar-refractivity contribution in [1.29, 1.82) is 0 Å². The molecule has 100 valence electrons. The molecule has 1 aromatic heterocycles. The van der Waals surface area contributed by atoms with Crippen molar-refractivity contribution < 1.29 is 5.11 Å². The molecule has 0 bridgehead atoms. The molecule has 0 spiro atoms. The summed E-state index contributed by atoms with van der Waals surface area (Å²) < 4.78 is 0. The lowest BCUT2D eigenvalue weighted by Gasteiger charge is -2.22. The number of hydrogen-bond acceptors (Lipinski definition) is 5. The Labute approximate surface area is 112 Å². The second-order valence-electron chi connectivity index (χ2n) is 4.50. The minimum atomic E-state index is 0.218. The van der Waals surface area contributed by atoms with Crippen molar-refractivity contribution >= 4 is 11.5 Å². The van der Waals surface area contributed by atoms with Crippen LogP contribution in [0.2, 0.25) is 0 Å². The summed E-state index contributed by atoms with van der Waals surface area (Å²) in [6.07, 6.45) is 0. The first-order valence-electron chi connectivity index (χ1n) is 6.10. The number of nitrogens with zero attached hydrogens (tertiary/aromatic N) is 3. The van der Waals surface area contributed by atoms with E-state index in [1.54, 1.807) is 18.2 Å². The molecule has 0 atom stereocenters. The van der Waals surface area contributed by atoms with E-state index in [-0.39, 0.29) is 5.75 Å². The summed E-state index contributed by atoms with van der Waals surface area (Å²) in [6, 6.07) is 7.00. The lowest BCUT2D eigenvalue weighted by atomic mass is 10.1. The topological polar surface area (TPSA) is 75.3 Å². The van der Waals surface area contributed by atoms with Gasteiger partial charge in [0.15, 0.2) is 5.82 Å². The van der Waals surface area contributed by atoms with E-state index in [9.17, 15) is 5.11 Å². The summed E-state index contributed by atoms with van der Waals surface area (Å²) in [6.45, 7) is 4.31. The fourth-order valence-corrected chi connectivity index (χ4v) is 1.98. The number of anilines is 2. The fraction of sp³-hybridized carbons (Fsp3) is 0.286. The Hall–Kier alpha value is -2.14. The summed E-state index contributed by atoms with van der Waals surface area (Å²) in [4.78, 5) is 1.88. The van der Waals surface area contributed by atoms with Gasteiger partial charge in [-0.1, -0.05) is 6.07 Å². The van der Waals surface area contributed by atoms with E-state index < -0.39 is 0 Å². The third-order valence-electron chi connectivity index (χ3n) is 3.30. The van der Waals surface area contributed by atoms with Crippen LogP contribution in [0.4, 0.5) is 11.5 Å². The van der Waals surface area contributed by atoms with Crippen molar-refractivity contribution in [3.8, 4) is 5.75 Å². The maximum Gasteiger partial charge on any atom is 0.160 e. The molecule has 0 saturated carbocycles. The standard InChI is InChI=1S/C14H18N4O/c1-9-10(2)16-17-14(13(9)8-15)18(3)11-5-4-6-12(19)7-11/h4-7,19H,8,15H2,1-3H3. The van der Waals surface area contributed by atoms with Crippen molar-refractivity contribution in [3.05, 3.63) is 41.1 Å². The Morgan fingerprint density at radius 1 is 1.26 bits per heavy atom. The first-order valence-corrected chi connectivity index (χ1v) is 6.10. The molecule has 19 heavy (non-hydrogen) atoms. The molecule has 0 saturated heterocycles. The fourth-order valence-electron chi connectivity index (χ4n) is 1.98. The van der Waals surface area contributed by atoms with Crippen molar-refractivity contribution in [1.82, 2.24) is 10.2 Å². The van der Waals surface area contributed by atoms with Crippen LogP contribution in [0.15, 0.2) is 24.3 Å². The molecule has 0 unspecified atom stereocenters. The van der Waals surface area contributed by atoms with Crippen LogP contribution in [0.1, 0.15) is 16.8 Å². The van der Waals surface area contributed by atoms with Gasteiger partial charge in [0, 0.05) is 30.9 Å². The van der Waals surface area contributed by atoms with E-state index in [1.165, 1.54) is 0 Å². The SMILES string of the molecule is Cc1nnc(N(C)c2cccc(O)c2)c(CN)c1C. The number of aromatic nitrogens is 2. The number of phenols is 1. The predicted octanol–water partition coefficient (Wildman–Crippen LogP) is 2.03. The van der Waals surface area contributed by atoms with Crippen molar-refractivity contribution in [3.63, 3.8) is 0 Å². The van der Waals surface area contributed by atoms with E-state index >= 15 is 0 Å². The Morgan fingerprint density at radius 3 is 2.63 bits per heavy atom. The zero-order valence-electron chi connectivity index (χ0n) is 11.4. The molecule has 5 nitrogen and oxygen atoms in total. The Morgan fingerprint density at radius 2 is 2.00 bits per heavy atom. The van der Waals surface area contributed by atoms with E-state index in [0.717, 1.165) is 28.3 Å². The highest BCUT2D eigenvalue weighted by atomic mass is 16.3. The Bertz CT molecular complexity index is 598. The van der Waals surface area contributed by atoms with E-state index in [1.807, 2.05) is 31.9 Å². The van der Waals surface area contributed by atoms with Crippen molar-refractivity contribution in [2.24, 2.45) is 5.73 Å². The van der Waals surface area contributed by atoms with Crippen LogP contribution in [0.25, 0.3) is 0 Å². The maximum absolute atomic E-state index is 9.55. The average molecular weight is 258 g/mol. The summed E-state index contributed by atoms with van der Waals surface area (Å²) in [5.41, 5.74) is 9.57. The van der Waals surface area contributed by atoms with Crippen molar-refractivity contribution in [2.45, 2.75) is 20.4 Å².